The molecule has 6 rings (SSSR count). The Balaban J connectivity index is 1.16. The second kappa shape index (κ2) is 11.0. The molecule has 2 atom stereocenters. The zero-order valence-corrected chi connectivity index (χ0v) is 22.9. The van der Waals surface area contributed by atoms with Gasteiger partial charge in [0.1, 0.15) is 5.75 Å². The van der Waals surface area contributed by atoms with Crippen molar-refractivity contribution >= 4 is 34.7 Å². The van der Waals surface area contributed by atoms with Crippen LogP contribution in [-0.2, 0) is 16.0 Å². The summed E-state index contributed by atoms with van der Waals surface area (Å²) in [5.41, 5.74) is 2.97. The molecule has 3 N–H and O–H groups in total. The Morgan fingerprint density at radius 2 is 1.76 bits per heavy atom. The molecule has 1 spiro atoms. The lowest BCUT2D eigenvalue weighted by atomic mass is 9.93. The molecule has 4 aromatic rings. The summed E-state index contributed by atoms with van der Waals surface area (Å²) >= 11 is 0. The standard InChI is InChI=1S/C32H29N5O5/c1-20-15-23(25-9-5-6-10-26(25)33-20)16-21-11-13-22(14-12-21)29(39)34-27-17-37(19-32(27)30(40)35-31(41)36-32)28(38)18-42-24-7-3-2-4-8-24/h2-15,27H,16-19H2,1H3,(H,34,39)(H2,35,36,40,41)/t27-,32+/m1/s1. The van der Waals surface area contributed by atoms with E-state index in [1.807, 2.05) is 43.3 Å². The Bertz CT molecular complexity index is 1690. The molecule has 2 saturated heterocycles. The van der Waals surface area contributed by atoms with Gasteiger partial charge in [0.15, 0.2) is 12.1 Å². The van der Waals surface area contributed by atoms with Crippen molar-refractivity contribution in [2.24, 2.45) is 0 Å². The number of likely N-dealkylation sites (tertiary alicyclic amines) is 1. The van der Waals surface area contributed by atoms with Crippen molar-refractivity contribution in [3.05, 3.63) is 107 Å². The highest BCUT2D eigenvalue weighted by atomic mass is 16.5. The number of urea groups is 1. The molecule has 2 aliphatic heterocycles. The highest BCUT2D eigenvalue weighted by Gasteiger charge is 2.58. The summed E-state index contributed by atoms with van der Waals surface area (Å²) in [6.45, 7) is 1.66. The lowest BCUT2D eigenvalue weighted by Crippen LogP contribution is -2.62. The largest absolute Gasteiger partial charge is 0.484 e. The van der Waals surface area contributed by atoms with E-state index in [4.69, 9.17) is 4.74 Å². The first-order valence-electron chi connectivity index (χ1n) is 13.6. The van der Waals surface area contributed by atoms with E-state index in [0.29, 0.717) is 17.7 Å². The van der Waals surface area contributed by atoms with E-state index in [1.165, 1.54) is 4.90 Å². The summed E-state index contributed by atoms with van der Waals surface area (Å²) < 4.78 is 5.58. The number of aromatic nitrogens is 1. The van der Waals surface area contributed by atoms with Crippen LogP contribution in [0.1, 0.15) is 27.2 Å². The topological polar surface area (TPSA) is 130 Å². The summed E-state index contributed by atoms with van der Waals surface area (Å²) in [6, 6.07) is 24.7. The molecule has 0 unspecified atom stereocenters. The van der Waals surface area contributed by atoms with Crippen molar-refractivity contribution in [2.75, 3.05) is 19.7 Å². The van der Waals surface area contributed by atoms with Gasteiger partial charge in [0.2, 0.25) is 0 Å². The predicted octanol–water partition coefficient (Wildman–Crippen LogP) is 2.73. The van der Waals surface area contributed by atoms with E-state index in [2.05, 4.69) is 33.1 Å². The molecule has 3 aromatic carbocycles. The van der Waals surface area contributed by atoms with Crippen LogP contribution in [0.2, 0.25) is 0 Å². The monoisotopic (exact) mass is 563 g/mol. The quantitative estimate of drug-likeness (QED) is 0.297. The number of pyridine rings is 1. The number of imide groups is 1. The van der Waals surface area contributed by atoms with E-state index in [0.717, 1.165) is 27.7 Å². The fourth-order valence-electron chi connectivity index (χ4n) is 5.60. The van der Waals surface area contributed by atoms with Crippen molar-refractivity contribution in [2.45, 2.75) is 24.9 Å². The van der Waals surface area contributed by atoms with Gasteiger partial charge in [-0.15, -0.1) is 0 Å². The summed E-state index contributed by atoms with van der Waals surface area (Å²) in [4.78, 5) is 57.3. The number of benzene rings is 3. The van der Waals surface area contributed by atoms with E-state index in [1.54, 1.807) is 36.4 Å². The van der Waals surface area contributed by atoms with Crippen LogP contribution >= 0.6 is 0 Å². The highest BCUT2D eigenvalue weighted by Crippen LogP contribution is 2.27. The Labute approximate surface area is 242 Å². The molecule has 0 radical (unpaired) electrons. The molecule has 0 saturated carbocycles. The fraction of sp³-hybridized carbons (Fsp3) is 0.219. The van der Waals surface area contributed by atoms with Crippen LogP contribution in [0.3, 0.4) is 0 Å². The molecule has 212 valence electrons. The first-order chi connectivity index (χ1) is 20.3. The van der Waals surface area contributed by atoms with Gasteiger partial charge < -0.3 is 20.3 Å². The fourth-order valence-corrected chi connectivity index (χ4v) is 5.60. The van der Waals surface area contributed by atoms with Crippen LogP contribution in [0, 0.1) is 6.92 Å². The Morgan fingerprint density at radius 1 is 1.02 bits per heavy atom. The minimum Gasteiger partial charge on any atom is -0.484 e. The molecular weight excluding hydrogens is 534 g/mol. The number of carbonyl (C=O) groups excluding carboxylic acids is 4. The molecule has 5 amide bonds. The predicted molar refractivity (Wildman–Crippen MR) is 155 cm³/mol. The second-order valence-corrected chi connectivity index (χ2v) is 10.6. The van der Waals surface area contributed by atoms with Crippen molar-refractivity contribution < 1.29 is 23.9 Å². The molecule has 2 fully saturated rings. The third kappa shape index (κ3) is 5.26. The van der Waals surface area contributed by atoms with Gasteiger partial charge in [-0.05, 0) is 60.9 Å². The highest BCUT2D eigenvalue weighted by molar-refractivity contribution is 6.09. The van der Waals surface area contributed by atoms with Gasteiger partial charge in [0, 0.05) is 23.2 Å². The molecule has 0 aliphatic carbocycles. The second-order valence-electron chi connectivity index (χ2n) is 10.6. The number of fused-ring (bicyclic) bond motifs is 1. The normalized spacial score (nSPS) is 19.5. The molecule has 42 heavy (non-hydrogen) atoms. The van der Waals surface area contributed by atoms with Crippen LogP contribution in [0.4, 0.5) is 4.79 Å². The zero-order chi connectivity index (χ0) is 29.3. The zero-order valence-electron chi connectivity index (χ0n) is 22.9. The van der Waals surface area contributed by atoms with Crippen molar-refractivity contribution in [3.63, 3.8) is 0 Å². The molecule has 1 aromatic heterocycles. The van der Waals surface area contributed by atoms with Crippen LogP contribution in [-0.4, -0.2) is 64.9 Å². The summed E-state index contributed by atoms with van der Waals surface area (Å²) in [6.07, 6.45) is 0.672. The van der Waals surface area contributed by atoms with Crippen molar-refractivity contribution in [1.82, 2.24) is 25.8 Å². The lowest BCUT2D eigenvalue weighted by molar-refractivity contribution is -0.132. The maximum Gasteiger partial charge on any atom is 0.322 e. The first-order valence-corrected chi connectivity index (χ1v) is 13.6. The average molecular weight is 564 g/mol. The molecule has 0 bridgehead atoms. The number of ether oxygens (including phenoxy) is 1. The van der Waals surface area contributed by atoms with E-state index in [-0.39, 0.29) is 25.6 Å². The van der Waals surface area contributed by atoms with E-state index >= 15 is 0 Å². The van der Waals surface area contributed by atoms with E-state index < -0.39 is 29.4 Å². The Hall–Kier alpha value is -5.25. The van der Waals surface area contributed by atoms with Gasteiger partial charge in [0.05, 0.1) is 18.1 Å². The summed E-state index contributed by atoms with van der Waals surface area (Å²) in [5, 5.41) is 8.85. The number of amides is 5. The van der Waals surface area contributed by atoms with Crippen LogP contribution in [0.25, 0.3) is 10.9 Å². The Kier molecular flexibility index (Phi) is 7.03. The minimum absolute atomic E-state index is 0.0307. The number of hydrogen-bond donors (Lipinski definition) is 3. The van der Waals surface area contributed by atoms with Gasteiger partial charge >= 0.3 is 6.03 Å². The first kappa shape index (κ1) is 26.9. The number of hydrogen-bond acceptors (Lipinski definition) is 6. The van der Waals surface area contributed by atoms with Gasteiger partial charge in [-0.1, -0.05) is 48.5 Å². The number of aryl methyl sites for hydroxylation is 1. The molecule has 10 nitrogen and oxygen atoms in total. The average Bonchev–Trinajstić information content (AvgIpc) is 3.49. The van der Waals surface area contributed by atoms with Crippen LogP contribution in [0.15, 0.2) is 84.9 Å². The maximum atomic E-state index is 13.3. The number of carbonyl (C=O) groups is 4. The maximum absolute atomic E-state index is 13.3. The van der Waals surface area contributed by atoms with E-state index in [9.17, 15) is 19.2 Å². The number of rotatable bonds is 7. The van der Waals surface area contributed by atoms with Crippen LogP contribution < -0.4 is 20.7 Å². The van der Waals surface area contributed by atoms with Gasteiger partial charge in [-0.3, -0.25) is 24.7 Å². The van der Waals surface area contributed by atoms with Crippen LogP contribution in [0.5, 0.6) is 5.75 Å². The third-order valence-electron chi connectivity index (χ3n) is 7.71. The molecule has 3 heterocycles. The number of nitrogens with one attached hydrogen (secondary N) is 3. The SMILES string of the molecule is Cc1cc(Cc2ccc(C(=O)N[C@@H]3CN(C(=O)COc4ccccc4)C[C@]34NC(=O)NC4=O)cc2)c2ccccc2n1. The summed E-state index contributed by atoms with van der Waals surface area (Å²) in [7, 11) is 0. The van der Waals surface area contributed by atoms with Gasteiger partial charge in [-0.25, -0.2) is 4.79 Å². The Morgan fingerprint density at radius 3 is 2.50 bits per heavy atom. The van der Waals surface area contributed by atoms with Gasteiger partial charge in [-0.2, -0.15) is 0 Å². The smallest absolute Gasteiger partial charge is 0.322 e. The molecular formula is C32H29N5O5. The number of nitrogens with zero attached hydrogens (tertiary/aromatic N) is 2. The summed E-state index contributed by atoms with van der Waals surface area (Å²) in [5.74, 6) is -0.841. The minimum atomic E-state index is -1.48. The molecule has 2 aliphatic rings. The third-order valence-corrected chi connectivity index (χ3v) is 7.71. The van der Waals surface area contributed by atoms with Crippen molar-refractivity contribution in [1.29, 1.82) is 0 Å². The lowest BCUT2D eigenvalue weighted by Gasteiger charge is -2.27. The molecule has 10 heteroatoms. The number of para-hydroxylation sites is 2. The van der Waals surface area contributed by atoms with Gasteiger partial charge in [0.25, 0.3) is 17.7 Å². The van der Waals surface area contributed by atoms with Crippen molar-refractivity contribution in [3.8, 4) is 5.75 Å².